The summed E-state index contributed by atoms with van der Waals surface area (Å²) in [5, 5.41) is 0.635. The van der Waals surface area contributed by atoms with Gasteiger partial charge in [0.2, 0.25) is 0 Å². The summed E-state index contributed by atoms with van der Waals surface area (Å²) < 4.78 is 2.13. The monoisotopic (exact) mass is 369 g/mol. The zero-order chi connectivity index (χ0) is 12.6. The van der Waals surface area contributed by atoms with Gasteiger partial charge in [0.05, 0.1) is 14.7 Å². The minimum Gasteiger partial charge on any atom is -0.320 e. The Kier molecular flexibility index (Phi) is 4.40. The van der Waals surface area contributed by atoms with E-state index in [4.69, 9.17) is 40.5 Å². The van der Waals surface area contributed by atoms with Crippen LogP contribution < -0.4 is 5.73 Å². The molecule has 1 atom stereocenters. The van der Waals surface area contributed by atoms with Crippen LogP contribution >= 0.6 is 62.1 Å². The van der Waals surface area contributed by atoms with E-state index in [0.29, 0.717) is 13.7 Å². The van der Waals surface area contributed by atoms with Crippen LogP contribution in [0, 0.1) is 0 Å². The van der Waals surface area contributed by atoms with E-state index in [9.17, 15) is 0 Å². The zero-order valence-corrected chi connectivity index (χ0v) is 13.1. The lowest BCUT2D eigenvalue weighted by Crippen LogP contribution is -2.12. The molecule has 0 aliphatic heterocycles. The molecule has 1 aromatic heterocycles. The van der Waals surface area contributed by atoms with E-state index in [1.165, 1.54) is 11.3 Å². The first kappa shape index (κ1) is 13.7. The van der Waals surface area contributed by atoms with Gasteiger partial charge >= 0.3 is 0 Å². The third kappa shape index (κ3) is 2.98. The number of thiophene rings is 1. The van der Waals surface area contributed by atoms with Gasteiger partial charge in [-0.3, -0.25) is 0 Å². The average Bonchev–Trinajstić information content (AvgIpc) is 2.60. The quantitative estimate of drug-likeness (QED) is 0.739. The summed E-state index contributed by atoms with van der Waals surface area (Å²) in [5.41, 5.74) is 7.87. The SMILES string of the molecule is NC(c1cc(Cl)ccc1Br)c1cc(Cl)sc1Cl. The molecule has 0 aliphatic carbocycles. The predicted molar refractivity (Wildman–Crippen MR) is 79.5 cm³/mol. The largest absolute Gasteiger partial charge is 0.320 e. The van der Waals surface area contributed by atoms with Gasteiger partial charge < -0.3 is 5.73 Å². The van der Waals surface area contributed by atoms with Crippen LogP contribution in [0.2, 0.25) is 13.7 Å². The van der Waals surface area contributed by atoms with E-state index >= 15 is 0 Å². The van der Waals surface area contributed by atoms with Gasteiger partial charge in [-0.2, -0.15) is 0 Å². The van der Waals surface area contributed by atoms with Crippen molar-refractivity contribution in [2.24, 2.45) is 5.73 Å². The van der Waals surface area contributed by atoms with Crippen molar-refractivity contribution in [2.45, 2.75) is 6.04 Å². The molecule has 0 fully saturated rings. The van der Waals surface area contributed by atoms with Crippen LogP contribution in [0.3, 0.4) is 0 Å². The normalized spacial score (nSPS) is 12.8. The number of hydrogen-bond acceptors (Lipinski definition) is 2. The Labute approximate surface area is 127 Å². The Morgan fingerprint density at radius 3 is 2.41 bits per heavy atom. The van der Waals surface area contributed by atoms with Crippen molar-refractivity contribution in [1.29, 1.82) is 0 Å². The molecule has 1 aromatic carbocycles. The predicted octanol–water partition coefficient (Wildman–Crippen LogP) is 5.52. The maximum absolute atomic E-state index is 6.18. The standard InChI is InChI=1S/C11H7BrCl3NS/c12-8-2-1-5(13)3-6(8)10(16)7-4-9(14)17-11(7)15/h1-4,10H,16H2. The van der Waals surface area contributed by atoms with Gasteiger partial charge in [0.15, 0.2) is 0 Å². The molecule has 0 spiro atoms. The van der Waals surface area contributed by atoms with Crippen LogP contribution in [-0.4, -0.2) is 0 Å². The highest BCUT2D eigenvalue weighted by atomic mass is 79.9. The van der Waals surface area contributed by atoms with Crippen LogP contribution in [0.5, 0.6) is 0 Å². The third-order valence-electron chi connectivity index (χ3n) is 2.31. The number of rotatable bonds is 2. The lowest BCUT2D eigenvalue weighted by atomic mass is 10.0. The van der Waals surface area contributed by atoms with Crippen molar-refractivity contribution in [3.05, 3.63) is 53.6 Å². The number of halogens is 4. The first-order valence-electron chi connectivity index (χ1n) is 4.64. The van der Waals surface area contributed by atoms with Crippen molar-refractivity contribution >= 4 is 62.1 Å². The molecule has 0 aliphatic rings. The summed E-state index contributed by atoms with van der Waals surface area (Å²) in [7, 11) is 0. The highest BCUT2D eigenvalue weighted by Crippen LogP contribution is 2.38. The third-order valence-corrected chi connectivity index (χ3v) is 4.79. The van der Waals surface area contributed by atoms with Gasteiger partial charge in [-0.25, -0.2) is 0 Å². The number of benzene rings is 1. The zero-order valence-electron chi connectivity index (χ0n) is 8.38. The van der Waals surface area contributed by atoms with Crippen LogP contribution in [0.15, 0.2) is 28.7 Å². The summed E-state index contributed by atoms with van der Waals surface area (Å²) in [6.07, 6.45) is 0. The van der Waals surface area contributed by atoms with Crippen LogP contribution in [0.1, 0.15) is 17.2 Å². The molecule has 0 amide bonds. The molecule has 90 valence electrons. The second-order valence-electron chi connectivity index (χ2n) is 3.42. The van der Waals surface area contributed by atoms with Gasteiger partial charge in [0.25, 0.3) is 0 Å². The van der Waals surface area contributed by atoms with Crippen molar-refractivity contribution < 1.29 is 0 Å². The fraction of sp³-hybridized carbons (Fsp3) is 0.0909. The van der Waals surface area contributed by atoms with E-state index in [1.807, 2.05) is 12.1 Å². The summed E-state index contributed by atoms with van der Waals surface area (Å²) in [6, 6.07) is 6.91. The Morgan fingerprint density at radius 1 is 1.12 bits per heavy atom. The molecular formula is C11H7BrCl3NS. The molecule has 1 nitrogen and oxygen atoms in total. The minimum atomic E-state index is -0.348. The van der Waals surface area contributed by atoms with Crippen molar-refractivity contribution in [3.63, 3.8) is 0 Å². The second kappa shape index (κ2) is 5.47. The van der Waals surface area contributed by atoms with Gasteiger partial charge in [-0.05, 0) is 29.8 Å². The topological polar surface area (TPSA) is 26.0 Å². The maximum Gasteiger partial charge on any atom is 0.0995 e. The van der Waals surface area contributed by atoms with E-state index < -0.39 is 0 Å². The molecular weight excluding hydrogens is 364 g/mol. The van der Waals surface area contributed by atoms with E-state index in [2.05, 4.69) is 15.9 Å². The molecule has 0 saturated heterocycles. The first-order valence-corrected chi connectivity index (χ1v) is 7.38. The Balaban J connectivity index is 2.46. The Bertz CT molecular complexity index is 556. The van der Waals surface area contributed by atoms with E-state index in [0.717, 1.165) is 15.6 Å². The van der Waals surface area contributed by atoms with Crippen molar-refractivity contribution in [2.75, 3.05) is 0 Å². The summed E-state index contributed by atoms with van der Waals surface area (Å²) >= 11 is 22.7. The molecule has 2 N–H and O–H groups in total. The molecule has 2 aromatic rings. The van der Waals surface area contributed by atoms with Crippen LogP contribution in [0.4, 0.5) is 0 Å². The first-order chi connectivity index (χ1) is 7.99. The molecule has 1 heterocycles. The van der Waals surface area contributed by atoms with Gasteiger partial charge in [-0.1, -0.05) is 50.7 Å². The molecule has 17 heavy (non-hydrogen) atoms. The van der Waals surface area contributed by atoms with Crippen molar-refractivity contribution in [1.82, 2.24) is 0 Å². The summed E-state index contributed by atoms with van der Waals surface area (Å²) in [6.45, 7) is 0. The van der Waals surface area contributed by atoms with Crippen molar-refractivity contribution in [3.8, 4) is 0 Å². The Morgan fingerprint density at radius 2 is 1.82 bits per heavy atom. The van der Waals surface area contributed by atoms with Gasteiger partial charge in [-0.15, -0.1) is 11.3 Å². The lowest BCUT2D eigenvalue weighted by Gasteiger charge is -2.13. The number of hydrogen-bond donors (Lipinski definition) is 1. The maximum atomic E-state index is 6.18. The highest BCUT2D eigenvalue weighted by molar-refractivity contribution is 9.10. The molecule has 1 unspecified atom stereocenters. The summed E-state index contributed by atoms with van der Waals surface area (Å²) in [4.78, 5) is 0. The average molecular weight is 372 g/mol. The second-order valence-corrected chi connectivity index (χ2v) is 7.00. The molecule has 0 radical (unpaired) electrons. The fourth-order valence-electron chi connectivity index (χ4n) is 1.49. The van der Waals surface area contributed by atoms with E-state index in [1.54, 1.807) is 12.1 Å². The summed E-state index contributed by atoms with van der Waals surface area (Å²) in [5.74, 6) is 0. The van der Waals surface area contributed by atoms with Gasteiger partial charge in [0, 0.05) is 15.1 Å². The molecule has 6 heteroatoms. The molecule has 0 bridgehead atoms. The minimum absolute atomic E-state index is 0.348. The highest BCUT2D eigenvalue weighted by Gasteiger charge is 2.18. The van der Waals surface area contributed by atoms with Gasteiger partial charge in [0.1, 0.15) is 0 Å². The molecule has 2 rings (SSSR count). The van der Waals surface area contributed by atoms with E-state index in [-0.39, 0.29) is 6.04 Å². The smallest absolute Gasteiger partial charge is 0.0995 e. The molecule has 0 saturated carbocycles. The Hall–Kier alpha value is 0.230. The number of nitrogens with two attached hydrogens (primary N) is 1. The lowest BCUT2D eigenvalue weighted by molar-refractivity contribution is 0.871. The van der Waals surface area contributed by atoms with Crippen LogP contribution in [0.25, 0.3) is 0 Å². The fourth-order valence-corrected chi connectivity index (χ4v) is 3.71. The van der Waals surface area contributed by atoms with Crippen LogP contribution in [-0.2, 0) is 0 Å².